The number of ether oxygens (including phenoxy) is 1. The molecule has 72 valence electrons. The summed E-state index contributed by atoms with van der Waals surface area (Å²) in [6.45, 7) is 4.33. The van der Waals surface area contributed by atoms with Gasteiger partial charge in [-0.05, 0) is 25.5 Å². The highest BCUT2D eigenvalue weighted by atomic mass is 16.5. The Kier molecular flexibility index (Phi) is 4.37. The third kappa shape index (κ3) is 3.97. The van der Waals surface area contributed by atoms with Crippen LogP contribution >= 0.6 is 0 Å². The smallest absolute Gasteiger partial charge is 0.119 e. The number of rotatable bonds is 5. The molecule has 0 N–H and O–H groups in total. The van der Waals surface area contributed by atoms with Crippen molar-refractivity contribution in [2.24, 2.45) is 0 Å². The third-order valence-electron chi connectivity index (χ3n) is 2.04. The molecule has 0 saturated carbocycles. The van der Waals surface area contributed by atoms with Gasteiger partial charge in [0.1, 0.15) is 5.75 Å². The van der Waals surface area contributed by atoms with E-state index >= 15 is 0 Å². The SMILES string of the molecule is CCCC[C@H](C)Oc1ccccc1. The van der Waals surface area contributed by atoms with E-state index in [1.165, 1.54) is 12.8 Å². The minimum absolute atomic E-state index is 0.336. The van der Waals surface area contributed by atoms with Gasteiger partial charge in [0.15, 0.2) is 0 Å². The molecule has 1 nitrogen and oxygen atoms in total. The standard InChI is InChI=1S/C12H18O/c1-3-4-8-11(2)13-12-9-6-5-7-10-12/h5-7,9-11H,3-4,8H2,1-2H3/t11-/m0/s1. The van der Waals surface area contributed by atoms with Crippen LogP contribution < -0.4 is 4.74 Å². The van der Waals surface area contributed by atoms with Crippen LogP contribution in [-0.4, -0.2) is 6.10 Å². The summed E-state index contributed by atoms with van der Waals surface area (Å²) in [7, 11) is 0. The number of hydrogen-bond donors (Lipinski definition) is 0. The lowest BCUT2D eigenvalue weighted by atomic mass is 10.2. The van der Waals surface area contributed by atoms with Crippen LogP contribution in [0.25, 0.3) is 0 Å². The van der Waals surface area contributed by atoms with Gasteiger partial charge in [-0.2, -0.15) is 0 Å². The summed E-state index contributed by atoms with van der Waals surface area (Å²) in [4.78, 5) is 0. The predicted octanol–water partition coefficient (Wildman–Crippen LogP) is 3.64. The van der Waals surface area contributed by atoms with Crippen molar-refractivity contribution >= 4 is 0 Å². The third-order valence-corrected chi connectivity index (χ3v) is 2.04. The van der Waals surface area contributed by atoms with Gasteiger partial charge >= 0.3 is 0 Å². The zero-order valence-electron chi connectivity index (χ0n) is 8.49. The van der Waals surface area contributed by atoms with E-state index in [0.29, 0.717) is 6.10 Å². The molecule has 0 aliphatic carbocycles. The Morgan fingerprint density at radius 3 is 2.54 bits per heavy atom. The summed E-state index contributed by atoms with van der Waals surface area (Å²) >= 11 is 0. The van der Waals surface area contributed by atoms with E-state index in [9.17, 15) is 0 Å². The molecule has 13 heavy (non-hydrogen) atoms. The average Bonchev–Trinajstić information content (AvgIpc) is 2.16. The van der Waals surface area contributed by atoms with Gasteiger partial charge in [-0.1, -0.05) is 38.0 Å². The van der Waals surface area contributed by atoms with Crippen molar-refractivity contribution in [1.29, 1.82) is 0 Å². The van der Waals surface area contributed by atoms with E-state index < -0.39 is 0 Å². The Morgan fingerprint density at radius 1 is 1.23 bits per heavy atom. The molecule has 1 aromatic carbocycles. The second-order valence-electron chi connectivity index (χ2n) is 3.38. The molecular weight excluding hydrogens is 160 g/mol. The van der Waals surface area contributed by atoms with E-state index in [2.05, 4.69) is 13.8 Å². The molecule has 0 aromatic heterocycles. The Bertz CT molecular complexity index is 218. The van der Waals surface area contributed by atoms with Crippen LogP contribution in [0.2, 0.25) is 0 Å². The second-order valence-corrected chi connectivity index (χ2v) is 3.38. The quantitative estimate of drug-likeness (QED) is 0.668. The van der Waals surface area contributed by atoms with E-state index in [1.807, 2.05) is 30.3 Å². The lowest BCUT2D eigenvalue weighted by Gasteiger charge is -2.13. The van der Waals surface area contributed by atoms with Crippen molar-refractivity contribution < 1.29 is 4.74 Å². The molecule has 0 bridgehead atoms. The zero-order valence-corrected chi connectivity index (χ0v) is 8.49. The summed E-state index contributed by atoms with van der Waals surface area (Å²) < 4.78 is 5.72. The Morgan fingerprint density at radius 2 is 1.92 bits per heavy atom. The van der Waals surface area contributed by atoms with Crippen LogP contribution in [0.4, 0.5) is 0 Å². The van der Waals surface area contributed by atoms with E-state index in [0.717, 1.165) is 12.2 Å². The first-order chi connectivity index (χ1) is 6.33. The molecule has 0 saturated heterocycles. The molecule has 1 heteroatoms. The minimum Gasteiger partial charge on any atom is -0.491 e. The molecule has 1 rings (SSSR count). The van der Waals surface area contributed by atoms with Crippen LogP contribution in [0.5, 0.6) is 5.75 Å². The lowest BCUT2D eigenvalue weighted by Crippen LogP contribution is -2.11. The molecule has 0 aliphatic rings. The molecule has 1 atom stereocenters. The highest BCUT2D eigenvalue weighted by Gasteiger charge is 2.01. The van der Waals surface area contributed by atoms with E-state index in [1.54, 1.807) is 0 Å². The van der Waals surface area contributed by atoms with Gasteiger partial charge in [-0.25, -0.2) is 0 Å². The first-order valence-corrected chi connectivity index (χ1v) is 5.04. The van der Waals surface area contributed by atoms with Crippen molar-refractivity contribution in [3.63, 3.8) is 0 Å². The van der Waals surface area contributed by atoms with E-state index in [4.69, 9.17) is 4.74 Å². The molecule has 0 fully saturated rings. The average molecular weight is 178 g/mol. The fourth-order valence-corrected chi connectivity index (χ4v) is 1.28. The fraction of sp³-hybridized carbons (Fsp3) is 0.500. The van der Waals surface area contributed by atoms with Crippen LogP contribution in [0.1, 0.15) is 33.1 Å². The number of para-hydroxylation sites is 1. The molecule has 0 amide bonds. The molecule has 1 aromatic rings. The monoisotopic (exact) mass is 178 g/mol. The molecule has 0 radical (unpaired) electrons. The maximum atomic E-state index is 5.72. The Balaban J connectivity index is 2.32. The van der Waals surface area contributed by atoms with E-state index in [-0.39, 0.29) is 0 Å². The highest BCUT2D eigenvalue weighted by Crippen LogP contribution is 2.13. The summed E-state index contributed by atoms with van der Waals surface area (Å²) in [6.07, 6.45) is 3.96. The first kappa shape index (κ1) is 10.1. The molecule has 0 spiro atoms. The van der Waals surface area contributed by atoms with Crippen molar-refractivity contribution in [2.75, 3.05) is 0 Å². The largest absolute Gasteiger partial charge is 0.491 e. The van der Waals surface area contributed by atoms with Gasteiger partial charge in [-0.15, -0.1) is 0 Å². The van der Waals surface area contributed by atoms with Gasteiger partial charge in [-0.3, -0.25) is 0 Å². The van der Waals surface area contributed by atoms with Crippen LogP contribution in [-0.2, 0) is 0 Å². The summed E-state index contributed by atoms with van der Waals surface area (Å²) in [5, 5.41) is 0. The predicted molar refractivity (Wildman–Crippen MR) is 56.1 cm³/mol. The second kappa shape index (κ2) is 5.63. The minimum atomic E-state index is 0.336. The van der Waals surface area contributed by atoms with Gasteiger partial charge in [0, 0.05) is 0 Å². The summed E-state index contributed by atoms with van der Waals surface area (Å²) in [5.74, 6) is 0.978. The maximum Gasteiger partial charge on any atom is 0.119 e. The Hall–Kier alpha value is -0.980. The van der Waals surface area contributed by atoms with Crippen molar-refractivity contribution in [2.45, 2.75) is 39.2 Å². The van der Waals surface area contributed by atoms with Gasteiger partial charge in [0.05, 0.1) is 6.10 Å². The first-order valence-electron chi connectivity index (χ1n) is 5.04. The van der Waals surface area contributed by atoms with Crippen molar-refractivity contribution in [1.82, 2.24) is 0 Å². The lowest BCUT2D eigenvalue weighted by molar-refractivity contribution is 0.207. The number of hydrogen-bond acceptors (Lipinski definition) is 1. The zero-order chi connectivity index (χ0) is 9.52. The molecular formula is C12H18O. The van der Waals surface area contributed by atoms with Crippen molar-refractivity contribution in [3.05, 3.63) is 30.3 Å². The normalized spacial score (nSPS) is 12.5. The van der Waals surface area contributed by atoms with Crippen LogP contribution in [0.15, 0.2) is 30.3 Å². The van der Waals surface area contributed by atoms with Crippen LogP contribution in [0.3, 0.4) is 0 Å². The highest BCUT2D eigenvalue weighted by molar-refractivity contribution is 5.21. The fourth-order valence-electron chi connectivity index (χ4n) is 1.28. The molecule has 0 heterocycles. The summed E-state index contributed by atoms with van der Waals surface area (Å²) in [6, 6.07) is 10.0. The van der Waals surface area contributed by atoms with Gasteiger partial charge < -0.3 is 4.74 Å². The van der Waals surface area contributed by atoms with Gasteiger partial charge in [0.2, 0.25) is 0 Å². The maximum absolute atomic E-state index is 5.72. The van der Waals surface area contributed by atoms with Crippen molar-refractivity contribution in [3.8, 4) is 5.75 Å². The van der Waals surface area contributed by atoms with Gasteiger partial charge in [0.25, 0.3) is 0 Å². The topological polar surface area (TPSA) is 9.23 Å². The van der Waals surface area contributed by atoms with Crippen LogP contribution in [0, 0.1) is 0 Å². The number of unbranched alkanes of at least 4 members (excludes halogenated alkanes) is 1. The Labute approximate surface area is 80.7 Å². The molecule has 0 unspecified atom stereocenters. The molecule has 0 aliphatic heterocycles. The summed E-state index contributed by atoms with van der Waals surface area (Å²) in [5.41, 5.74) is 0. The number of benzene rings is 1.